The lowest BCUT2D eigenvalue weighted by Gasteiger charge is -2.20. The molecule has 0 aromatic carbocycles. The summed E-state index contributed by atoms with van der Waals surface area (Å²) in [6, 6.07) is 0.166. The van der Waals surface area contributed by atoms with Crippen LogP contribution >= 0.6 is 0 Å². The molecule has 0 saturated carbocycles. The molecule has 1 fully saturated rings. The first-order chi connectivity index (χ1) is 5.30. The van der Waals surface area contributed by atoms with Gasteiger partial charge in [0.05, 0.1) is 6.04 Å². The van der Waals surface area contributed by atoms with E-state index in [1.165, 1.54) is 12.8 Å². The Kier molecular flexibility index (Phi) is 6.13. The first kappa shape index (κ1) is 10.6. The maximum absolute atomic E-state index is 10.7. The molecule has 1 atom stereocenters. The number of rotatable bonds is 1. The second kappa shape index (κ2) is 6.35. The number of Topliss-reactive ketones (excluding diaryl/α,β-unsaturated/α-hetero) is 1. The van der Waals surface area contributed by atoms with E-state index in [1.54, 1.807) is 6.92 Å². The van der Waals surface area contributed by atoms with Crippen molar-refractivity contribution in [1.82, 2.24) is 5.32 Å². The molecule has 1 N–H and O–H groups in total. The monoisotopic (exact) mass is 157 g/mol. The minimum absolute atomic E-state index is 0.166. The van der Waals surface area contributed by atoms with Crippen LogP contribution in [0, 0.1) is 0 Å². The molecular formula is C9H19NO. The molecule has 1 saturated heterocycles. The Morgan fingerprint density at radius 2 is 2.00 bits per heavy atom. The first-order valence-electron chi connectivity index (χ1n) is 4.54. The van der Waals surface area contributed by atoms with Gasteiger partial charge in [0.25, 0.3) is 0 Å². The largest absolute Gasteiger partial charge is 0.307 e. The molecule has 0 spiro atoms. The van der Waals surface area contributed by atoms with Crippen molar-refractivity contribution in [3.8, 4) is 0 Å². The summed E-state index contributed by atoms with van der Waals surface area (Å²) in [6.45, 7) is 6.67. The van der Waals surface area contributed by atoms with Crippen molar-refractivity contribution >= 4 is 5.78 Å². The fraction of sp³-hybridized carbons (Fsp3) is 0.889. The Morgan fingerprint density at radius 1 is 1.36 bits per heavy atom. The lowest BCUT2D eigenvalue weighted by Crippen LogP contribution is -2.38. The van der Waals surface area contributed by atoms with Crippen LogP contribution in [0.15, 0.2) is 0 Å². The smallest absolute Gasteiger partial charge is 0.146 e. The molecule has 0 bridgehead atoms. The second-order valence-electron chi connectivity index (χ2n) is 2.61. The zero-order valence-corrected chi connectivity index (χ0v) is 7.81. The number of carbonyl (C=O) groups is 1. The Bertz CT molecular complexity index is 106. The van der Waals surface area contributed by atoms with Gasteiger partial charge in [0.15, 0.2) is 0 Å². The highest BCUT2D eigenvalue weighted by atomic mass is 16.1. The average molecular weight is 157 g/mol. The zero-order valence-electron chi connectivity index (χ0n) is 7.81. The van der Waals surface area contributed by atoms with Gasteiger partial charge in [-0.15, -0.1) is 0 Å². The van der Waals surface area contributed by atoms with E-state index < -0.39 is 0 Å². The minimum Gasteiger partial charge on any atom is -0.307 e. The van der Waals surface area contributed by atoms with Crippen LogP contribution in [0.4, 0.5) is 0 Å². The molecule has 0 radical (unpaired) electrons. The average Bonchev–Trinajstić information content (AvgIpc) is 2.10. The Labute approximate surface area is 69.4 Å². The van der Waals surface area contributed by atoms with Crippen LogP contribution in [0.3, 0.4) is 0 Å². The van der Waals surface area contributed by atoms with Gasteiger partial charge in [-0.3, -0.25) is 4.79 Å². The molecule has 1 aliphatic heterocycles. The van der Waals surface area contributed by atoms with Crippen LogP contribution in [0.5, 0.6) is 0 Å². The highest BCUT2D eigenvalue weighted by molar-refractivity contribution is 5.81. The van der Waals surface area contributed by atoms with Crippen LogP contribution in [0.2, 0.25) is 0 Å². The maximum Gasteiger partial charge on any atom is 0.146 e. The van der Waals surface area contributed by atoms with E-state index in [0.717, 1.165) is 13.0 Å². The van der Waals surface area contributed by atoms with Crippen molar-refractivity contribution < 1.29 is 4.79 Å². The number of piperidine rings is 1. The van der Waals surface area contributed by atoms with Crippen LogP contribution in [-0.2, 0) is 4.79 Å². The molecular weight excluding hydrogens is 138 g/mol. The van der Waals surface area contributed by atoms with Crippen LogP contribution in [0.25, 0.3) is 0 Å². The third-order valence-corrected chi connectivity index (χ3v) is 1.80. The summed E-state index contributed by atoms with van der Waals surface area (Å²) in [4.78, 5) is 10.7. The Morgan fingerprint density at radius 3 is 2.27 bits per heavy atom. The van der Waals surface area contributed by atoms with Crippen molar-refractivity contribution in [2.75, 3.05) is 6.54 Å². The van der Waals surface area contributed by atoms with E-state index in [-0.39, 0.29) is 11.8 Å². The van der Waals surface area contributed by atoms with Gasteiger partial charge in [-0.25, -0.2) is 0 Å². The van der Waals surface area contributed by atoms with Crippen LogP contribution in [-0.4, -0.2) is 18.4 Å². The van der Waals surface area contributed by atoms with E-state index in [4.69, 9.17) is 0 Å². The number of carbonyl (C=O) groups excluding carboxylic acids is 1. The topological polar surface area (TPSA) is 29.1 Å². The summed E-state index contributed by atoms with van der Waals surface area (Å²) in [5.41, 5.74) is 0. The van der Waals surface area contributed by atoms with Crippen molar-refractivity contribution in [3.63, 3.8) is 0 Å². The molecule has 2 heteroatoms. The number of nitrogens with one attached hydrogen (secondary N) is 1. The normalized spacial score (nSPS) is 23.4. The SMILES string of the molecule is CC.CC(=O)[C@@H]1CCCCN1. The number of ketones is 1. The van der Waals surface area contributed by atoms with Gasteiger partial charge in [-0.1, -0.05) is 20.3 Å². The third kappa shape index (κ3) is 4.14. The molecule has 0 aromatic rings. The van der Waals surface area contributed by atoms with Crippen molar-refractivity contribution in [2.45, 2.75) is 46.1 Å². The van der Waals surface area contributed by atoms with Crippen molar-refractivity contribution in [3.05, 3.63) is 0 Å². The van der Waals surface area contributed by atoms with E-state index in [0.29, 0.717) is 0 Å². The minimum atomic E-state index is 0.166. The first-order valence-corrected chi connectivity index (χ1v) is 4.54. The summed E-state index contributed by atoms with van der Waals surface area (Å²) < 4.78 is 0. The lowest BCUT2D eigenvalue weighted by molar-refractivity contribution is -0.119. The maximum atomic E-state index is 10.7. The van der Waals surface area contributed by atoms with E-state index >= 15 is 0 Å². The zero-order chi connectivity index (χ0) is 8.69. The summed E-state index contributed by atoms with van der Waals surface area (Å²) in [7, 11) is 0. The molecule has 0 amide bonds. The van der Waals surface area contributed by atoms with Crippen molar-refractivity contribution in [2.24, 2.45) is 0 Å². The molecule has 0 unspecified atom stereocenters. The quantitative estimate of drug-likeness (QED) is 0.628. The number of hydrogen-bond donors (Lipinski definition) is 1. The molecule has 1 heterocycles. The highest BCUT2D eigenvalue weighted by Gasteiger charge is 2.15. The molecule has 2 nitrogen and oxygen atoms in total. The molecule has 66 valence electrons. The third-order valence-electron chi connectivity index (χ3n) is 1.80. The summed E-state index contributed by atoms with van der Waals surface area (Å²) in [6.07, 6.45) is 3.47. The predicted octanol–water partition coefficient (Wildman–Crippen LogP) is 1.74. The number of hydrogen-bond acceptors (Lipinski definition) is 2. The van der Waals surface area contributed by atoms with Gasteiger partial charge in [-0.2, -0.15) is 0 Å². The standard InChI is InChI=1S/C7H13NO.C2H6/c1-6(9)7-4-2-3-5-8-7;1-2/h7-8H,2-5H2,1H3;1-2H3/t7-;/m0./s1. The fourth-order valence-corrected chi connectivity index (χ4v) is 1.20. The van der Waals surface area contributed by atoms with Gasteiger partial charge < -0.3 is 5.32 Å². The predicted molar refractivity (Wildman–Crippen MR) is 47.7 cm³/mol. The van der Waals surface area contributed by atoms with Crippen molar-refractivity contribution in [1.29, 1.82) is 0 Å². The van der Waals surface area contributed by atoms with Gasteiger partial charge in [0.2, 0.25) is 0 Å². The lowest BCUT2D eigenvalue weighted by atomic mass is 10.0. The Hall–Kier alpha value is -0.370. The molecule has 0 aliphatic carbocycles. The van der Waals surface area contributed by atoms with E-state index in [2.05, 4.69) is 5.32 Å². The molecule has 1 rings (SSSR count). The Balaban J connectivity index is 0.000000461. The second-order valence-corrected chi connectivity index (χ2v) is 2.61. The van der Waals surface area contributed by atoms with Crippen LogP contribution in [0.1, 0.15) is 40.0 Å². The van der Waals surface area contributed by atoms with Gasteiger partial charge in [0, 0.05) is 0 Å². The van der Waals surface area contributed by atoms with E-state index in [1.807, 2.05) is 13.8 Å². The highest BCUT2D eigenvalue weighted by Crippen LogP contribution is 2.06. The van der Waals surface area contributed by atoms with Crippen LogP contribution < -0.4 is 5.32 Å². The van der Waals surface area contributed by atoms with Gasteiger partial charge >= 0.3 is 0 Å². The van der Waals surface area contributed by atoms with Gasteiger partial charge in [-0.05, 0) is 26.3 Å². The van der Waals surface area contributed by atoms with E-state index in [9.17, 15) is 4.79 Å². The summed E-state index contributed by atoms with van der Waals surface area (Å²) in [5.74, 6) is 0.287. The summed E-state index contributed by atoms with van der Waals surface area (Å²) in [5, 5.41) is 3.17. The summed E-state index contributed by atoms with van der Waals surface area (Å²) >= 11 is 0. The fourth-order valence-electron chi connectivity index (χ4n) is 1.20. The molecule has 0 aromatic heterocycles. The molecule has 1 aliphatic rings. The molecule has 11 heavy (non-hydrogen) atoms. The van der Waals surface area contributed by atoms with Gasteiger partial charge in [0.1, 0.15) is 5.78 Å².